The first-order valence-corrected chi connectivity index (χ1v) is 24.1. The summed E-state index contributed by atoms with van der Waals surface area (Å²) in [7, 11) is -4.68. The first-order valence-electron chi connectivity index (χ1n) is 22.3. The maximum absolute atomic E-state index is 15.0. The molecule has 0 radical (unpaired) electrons. The van der Waals surface area contributed by atoms with E-state index in [0.29, 0.717) is 29.8 Å². The molecule has 4 aromatic carbocycles. The summed E-state index contributed by atoms with van der Waals surface area (Å²) in [6.45, 7) is 11.2. The van der Waals surface area contributed by atoms with Crippen LogP contribution in [0.5, 0.6) is 11.5 Å². The number of sulfonamides is 1. The second-order valence-electron chi connectivity index (χ2n) is 18.2. The van der Waals surface area contributed by atoms with Gasteiger partial charge >= 0.3 is 0 Å². The van der Waals surface area contributed by atoms with E-state index in [1.54, 1.807) is 6.07 Å². The molecule has 0 unspecified atom stereocenters. The molecule has 1 amide bonds. The van der Waals surface area contributed by atoms with E-state index >= 15 is 0 Å². The minimum atomic E-state index is -4.68. The van der Waals surface area contributed by atoms with Crippen LogP contribution in [0.25, 0.3) is 5.57 Å². The molecule has 3 saturated heterocycles. The van der Waals surface area contributed by atoms with Crippen molar-refractivity contribution < 1.29 is 36.4 Å². The van der Waals surface area contributed by atoms with Gasteiger partial charge in [0.1, 0.15) is 11.4 Å². The number of carbonyl (C=O) groups is 1. The number of nitrogens with zero attached hydrogens (tertiary/aromatic N) is 4. The Balaban J connectivity index is 0.971. The minimum Gasteiger partial charge on any atom is -0.453 e. The first kappa shape index (κ1) is 46.4. The first-order chi connectivity index (χ1) is 31.1. The van der Waals surface area contributed by atoms with Crippen LogP contribution in [0.15, 0.2) is 89.3 Å². The Kier molecular flexibility index (Phi) is 14.1. The highest BCUT2D eigenvalue weighted by Gasteiger charge is 2.32. The minimum absolute atomic E-state index is 0.0545. The van der Waals surface area contributed by atoms with E-state index in [0.717, 1.165) is 103 Å². The number of nitro benzene ring substituents is 1. The smallest absolute Gasteiger partial charge is 0.293 e. The number of nitrogens with one attached hydrogen (secondary N) is 2. The van der Waals surface area contributed by atoms with Crippen molar-refractivity contribution in [2.45, 2.75) is 75.8 Å². The molecule has 0 spiro atoms. The van der Waals surface area contributed by atoms with Gasteiger partial charge in [0.15, 0.2) is 11.6 Å². The van der Waals surface area contributed by atoms with Gasteiger partial charge in [-0.2, -0.15) is 4.39 Å². The highest BCUT2D eigenvalue weighted by Crippen LogP contribution is 2.44. The van der Waals surface area contributed by atoms with Gasteiger partial charge in [-0.1, -0.05) is 49.2 Å². The molecular weight excluding hydrogens is 878 g/mol. The SMILES string of the molecule is CC1(C)CCC(CN2CCN(c3ccc(C(=O)NS(=O)(=O)c4ccc(NC5CCN(C6CCOCC6)CC5)c([N+](=O)[O-])c4)c(Oc4cccc(F)c4F)c3)CC2)=C(c2ccc(Cl)cc2)C1. The lowest BCUT2D eigenvalue weighted by Crippen LogP contribution is -2.47. The lowest BCUT2D eigenvalue weighted by molar-refractivity contribution is -0.384. The fraction of sp³-hybridized carbons (Fsp3) is 0.438. The monoisotopic (exact) mass is 932 g/mol. The molecule has 0 saturated carbocycles. The fourth-order valence-electron chi connectivity index (χ4n) is 9.43. The Morgan fingerprint density at radius 3 is 2.35 bits per heavy atom. The summed E-state index contributed by atoms with van der Waals surface area (Å²) in [6, 6.07) is 19.8. The third-order valence-electron chi connectivity index (χ3n) is 13.2. The molecule has 3 aliphatic heterocycles. The molecule has 17 heteroatoms. The van der Waals surface area contributed by atoms with Crippen LogP contribution in [0, 0.1) is 27.2 Å². The van der Waals surface area contributed by atoms with Crippen LogP contribution < -0.4 is 19.7 Å². The highest BCUT2D eigenvalue weighted by molar-refractivity contribution is 7.90. The van der Waals surface area contributed by atoms with E-state index in [9.17, 15) is 32.1 Å². The normalized spacial score (nSPS) is 19.2. The number of allylic oxidation sites excluding steroid dienone is 1. The van der Waals surface area contributed by atoms with Crippen LogP contribution in [0.3, 0.4) is 0 Å². The zero-order valence-electron chi connectivity index (χ0n) is 36.7. The molecule has 1 aliphatic carbocycles. The van der Waals surface area contributed by atoms with E-state index in [2.05, 4.69) is 46.0 Å². The highest BCUT2D eigenvalue weighted by atomic mass is 35.5. The Bertz CT molecular complexity index is 2540. The molecule has 4 aliphatic rings. The topological polar surface area (TPSA) is 147 Å². The zero-order valence-corrected chi connectivity index (χ0v) is 38.2. The number of ether oxygens (including phenoxy) is 2. The average molecular weight is 934 g/mol. The molecule has 2 N–H and O–H groups in total. The lowest BCUT2D eigenvalue weighted by atomic mass is 9.72. The fourth-order valence-corrected chi connectivity index (χ4v) is 10.5. The third kappa shape index (κ3) is 11.1. The van der Waals surface area contributed by atoms with E-state index < -0.39 is 48.8 Å². The van der Waals surface area contributed by atoms with E-state index in [-0.39, 0.29) is 28.5 Å². The average Bonchev–Trinajstić information content (AvgIpc) is 3.29. The van der Waals surface area contributed by atoms with E-state index in [1.807, 2.05) is 16.9 Å². The molecule has 346 valence electrons. The predicted molar refractivity (Wildman–Crippen MR) is 247 cm³/mol. The molecule has 3 fully saturated rings. The molecule has 8 rings (SSSR count). The number of piperidine rings is 1. The standard InChI is InChI=1S/C48H55ClF2N6O7S/c1-48(2)19-14-33(40(30-48)32-6-8-34(49)9-7-32)31-54-22-24-56(25-23-54)37-10-12-39(45(28-37)64-44-5-3-4-41(50)46(44)51)47(58)53-65(61,62)38-11-13-42(43(29-38)57(59)60)52-35-15-20-55(21-16-35)36-17-26-63-27-18-36/h3-13,28-29,35-36,52H,14-27,30-31H2,1-2H3,(H,53,58). The molecule has 13 nitrogen and oxygen atoms in total. The van der Waals surface area contributed by atoms with Crippen LogP contribution in [-0.4, -0.2) is 100 Å². The molecule has 4 aromatic rings. The van der Waals surface area contributed by atoms with Crippen molar-refractivity contribution >= 4 is 50.2 Å². The van der Waals surface area contributed by atoms with Crippen LogP contribution in [-0.2, 0) is 14.8 Å². The number of rotatable bonds is 13. The van der Waals surface area contributed by atoms with Crippen LogP contribution in [0.2, 0.25) is 5.02 Å². The Morgan fingerprint density at radius 2 is 1.65 bits per heavy atom. The molecule has 65 heavy (non-hydrogen) atoms. The van der Waals surface area contributed by atoms with E-state index in [4.69, 9.17) is 21.1 Å². The number of anilines is 2. The van der Waals surface area contributed by atoms with E-state index in [1.165, 1.54) is 53.1 Å². The number of benzene rings is 4. The number of hydrogen-bond acceptors (Lipinski definition) is 11. The lowest BCUT2D eigenvalue weighted by Gasteiger charge is -2.39. The molecule has 0 atom stereocenters. The Hall–Kier alpha value is -5.13. The van der Waals surface area contributed by atoms with Gasteiger partial charge in [0.05, 0.1) is 15.4 Å². The van der Waals surface area contributed by atoms with Gasteiger partial charge in [0.25, 0.3) is 21.6 Å². The van der Waals surface area contributed by atoms with Crippen molar-refractivity contribution in [3.05, 3.63) is 122 Å². The number of amides is 1. The number of nitro groups is 1. The van der Waals surface area contributed by atoms with Gasteiger partial charge in [-0.3, -0.25) is 19.8 Å². The summed E-state index contributed by atoms with van der Waals surface area (Å²) < 4.78 is 70.1. The van der Waals surface area contributed by atoms with Gasteiger partial charge in [0, 0.05) is 94.0 Å². The number of likely N-dealkylation sites (tertiary alicyclic amines) is 1. The number of piperazine rings is 1. The second kappa shape index (κ2) is 19.8. The summed E-state index contributed by atoms with van der Waals surface area (Å²) in [5.74, 6) is -4.29. The molecular formula is C48H55ClF2N6O7S. The van der Waals surface area contributed by atoms with Crippen LogP contribution >= 0.6 is 11.6 Å². The summed E-state index contributed by atoms with van der Waals surface area (Å²) >= 11 is 6.22. The summed E-state index contributed by atoms with van der Waals surface area (Å²) in [5, 5.41) is 16.2. The van der Waals surface area contributed by atoms with Crippen molar-refractivity contribution in [2.75, 3.05) is 69.2 Å². The summed E-state index contributed by atoms with van der Waals surface area (Å²) in [5.41, 5.74) is 4.22. The number of hydrogen-bond donors (Lipinski definition) is 2. The maximum Gasteiger partial charge on any atom is 0.293 e. The summed E-state index contributed by atoms with van der Waals surface area (Å²) in [4.78, 5) is 31.9. The molecule has 0 bridgehead atoms. The number of carbonyl (C=O) groups excluding carboxylic acids is 1. The van der Waals surface area contributed by atoms with Crippen molar-refractivity contribution in [2.24, 2.45) is 5.41 Å². The van der Waals surface area contributed by atoms with Crippen LogP contribution in [0.4, 0.5) is 25.8 Å². The number of halogens is 3. The Morgan fingerprint density at radius 1 is 0.923 bits per heavy atom. The van der Waals surface area contributed by atoms with Gasteiger partial charge in [-0.15, -0.1) is 0 Å². The van der Waals surface area contributed by atoms with Gasteiger partial charge < -0.3 is 24.6 Å². The summed E-state index contributed by atoms with van der Waals surface area (Å²) in [6.07, 6.45) is 6.53. The largest absolute Gasteiger partial charge is 0.453 e. The second-order valence-corrected chi connectivity index (χ2v) is 20.3. The van der Waals surface area contributed by atoms with Gasteiger partial charge in [0.2, 0.25) is 5.82 Å². The third-order valence-corrected chi connectivity index (χ3v) is 14.8. The van der Waals surface area contributed by atoms with Crippen molar-refractivity contribution in [1.82, 2.24) is 14.5 Å². The Labute approximate surface area is 383 Å². The van der Waals surface area contributed by atoms with Crippen molar-refractivity contribution in [3.8, 4) is 11.5 Å². The van der Waals surface area contributed by atoms with Crippen molar-refractivity contribution in [3.63, 3.8) is 0 Å². The molecule has 0 aromatic heterocycles. The zero-order chi connectivity index (χ0) is 45.9. The predicted octanol–water partition coefficient (Wildman–Crippen LogP) is 9.28. The van der Waals surface area contributed by atoms with Gasteiger partial charge in [-0.05, 0) is 110 Å². The molecule has 3 heterocycles. The van der Waals surface area contributed by atoms with Gasteiger partial charge in [-0.25, -0.2) is 17.5 Å². The van der Waals surface area contributed by atoms with Crippen LogP contribution in [0.1, 0.15) is 74.7 Å². The maximum atomic E-state index is 15.0. The van der Waals surface area contributed by atoms with Crippen molar-refractivity contribution in [1.29, 1.82) is 0 Å². The quantitative estimate of drug-likeness (QED) is 0.0977.